The molecule has 0 spiro atoms. The van der Waals surface area contributed by atoms with Crippen LogP contribution < -0.4 is 16.8 Å². The topological polar surface area (TPSA) is 102 Å². The van der Waals surface area contributed by atoms with E-state index in [9.17, 15) is 17.6 Å². The number of alkyl halides is 3. The van der Waals surface area contributed by atoms with Crippen LogP contribution in [0.3, 0.4) is 0 Å². The summed E-state index contributed by atoms with van der Waals surface area (Å²) in [4.78, 5) is 11.5. The second kappa shape index (κ2) is 13.4. The van der Waals surface area contributed by atoms with Gasteiger partial charge in [0.2, 0.25) is 5.82 Å². The number of amidine groups is 1. The molecule has 1 heterocycles. The first-order valence-electron chi connectivity index (χ1n) is 12.2. The van der Waals surface area contributed by atoms with Crippen LogP contribution in [-0.4, -0.2) is 15.8 Å². The first-order valence-corrected chi connectivity index (χ1v) is 12.2. The van der Waals surface area contributed by atoms with Crippen molar-refractivity contribution in [2.45, 2.75) is 39.4 Å². The number of hydrogen-bond acceptors (Lipinski definition) is 5. The molecule has 0 saturated carbocycles. The molecule has 204 valence electrons. The fourth-order valence-electron chi connectivity index (χ4n) is 3.76. The predicted octanol–water partition coefficient (Wildman–Crippen LogP) is 6.23. The Kier molecular flexibility index (Phi) is 9.97. The van der Waals surface area contributed by atoms with Crippen molar-refractivity contribution in [3.8, 4) is 11.1 Å². The van der Waals surface area contributed by atoms with E-state index < -0.39 is 12.0 Å². The van der Waals surface area contributed by atoms with Crippen molar-refractivity contribution in [3.63, 3.8) is 0 Å². The first kappa shape index (κ1) is 29.1. The standard InChI is InChI=1S/C29H30F4N6/c1-3-4-5-12-36-27(37-16-20-17-38-28(39-18-20)29(31,32)33)26-14-23(21-6-8-24(30)9-7-21)13-25(19(26)2)22(15-35)10-11-34/h5-15,17-18H,3-4,16,34-35H2,1-2H3,(H,36,37)/b11-10-,12-5+,22-15+. The Morgan fingerprint density at radius 3 is 2.28 bits per heavy atom. The van der Waals surface area contributed by atoms with Gasteiger partial charge in [-0.25, -0.2) is 14.4 Å². The third-order valence-corrected chi connectivity index (χ3v) is 5.78. The van der Waals surface area contributed by atoms with Crippen LogP contribution in [0.4, 0.5) is 17.6 Å². The van der Waals surface area contributed by atoms with Crippen molar-refractivity contribution in [1.29, 1.82) is 0 Å². The maximum absolute atomic E-state index is 13.6. The second-order valence-corrected chi connectivity index (χ2v) is 8.60. The van der Waals surface area contributed by atoms with Gasteiger partial charge in [-0.1, -0.05) is 31.6 Å². The van der Waals surface area contributed by atoms with Crippen LogP contribution in [0.25, 0.3) is 16.7 Å². The molecule has 3 aromatic rings. The number of allylic oxidation sites excluding steroid dienone is 3. The van der Waals surface area contributed by atoms with Crippen molar-refractivity contribution in [3.05, 3.63) is 113 Å². The molecule has 0 aliphatic heterocycles. The molecule has 39 heavy (non-hydrogen) atoms. The van der Waals surface area contributed by atoms with Gasteiger partial charge in [-0.3, -0.25) is 4.99 Å². The van der Waals surface area contributed by atoms with Gasteiger partial charge in [0.05, 0.1) is 6.54 Å². The summed E-state index contributed by atoms with van der Waals surface area (Å²) in [6.07, 6.45) is 7.61. The number of halogens is 4. The van der Waals surface area contributed by atoms with Gasteiger partial charge in [0.25, 0.3) is 0 Å². The summed E-state index contributed by atoms with van der Waals surface area (Å²) in [5, 5.41) is 3.22. The lowest BCUT2D eigenvalue weighted by Gasteiger charge is -2.17. The molecule has 0 aliphatic rings. The summed E-state index contributed by atoms with van der Waals surface area (Å²) in [7, 11) is 0. The summed E-state index contributed by atoms with van der Waals surface area (Å²) >= 11 is 0. The van der Waals surface area contributed by atoms with Crippen LogP contribution in [0.1, 0.15) is 47.8 Å². The third kappa shape index (κ3) is 7.76. The molecule has 6 nitrogen and oxygen atoms in total. The zero-order valence-corrected chi connectivity index (χ0v) is 21.6. The molecule has 0 fully saturated rings. The van der Waals surface area contributed by atoms with Crippen LogP contribution in [0.2, 0.25) is 0 Å². The average Bonchev–Trinajstić information content (AvgIpc) is 2.92. The van der Waals surface area contributed by atoms with E-state index >= 15 is 0 Å². The van der Waals surface area contributed by atoms with Gasteiger partial charge in [0, 0.05) is 29.7 Å². The number of unbranched alkanes of at least 4 members (excludes halogenated alkanes) is 1. The summed E-state index contributed by atoms with van der Waals surface area (Å²) in [6, 6.07) is 9.93. The maximum atomic E-state index is 13.6. The minimum Gasteiger partial charge on any atom is -0.405 e. The summed E-state index contributed by atoms with van der Waals surface area (Å²) in [6.45, 7) is 3.99. The molecule has 0 radical (unpaired) electrons. The minimum atomic E-state index is -4.63. The van der Waals surface area contributed by atoms with E-state index in [0.717, 1.165) is 47.5 Å². The van der Waals surface area contributed by atoms with E-state index in [-0.39, 0.29) is 12.4 Å². The lowest BCUT2D eigenvalue weighted by molar-refractivity contribution is -0.145. The number of aliphatic imine (C=N–C) groups is 1. The fourth-order valence-corrected chi connectivity index (χ4v) is 3.76. The number of nitrogens with one attached hydrogen (secondary N) is 1. The predicted molar refractivity (Wildman–Crippen MR) is 147 cm³/mol. The van der Waals surface area contributed by atoms with Crippen molar-refractivity contribution < 1.29 is 17.6 Å². The first-order chi connectivity index (χ1) is 18.7. The van der Waals surface area contributed by atoms with E-state index in [1.165, 1.54) is 24.5 Å². The summed E-state index contributed by atoms with van der Waals surface area (Å²) in [5.74, 6) is -1.10. The highest BCUT2D eigenvalue weighted by atomic mass is 19.4. The molecule has 0 aliphatic carbocycles. The van der Waals surface area contributed by atoms with E-state index in [2.05, 4.69) is 27.2 Å². The van der Waals surface area contributed by atoms with Gasteiger partial charge >= 0.3 is 6.18 Å². The molecule has 1 aromatic heterocycles. The van der Waals surface area contributed by atoms with Gasteiger partial charge in [0.1, 0.15) is 11.7 Å². The van der Waals surface area contributed by atoms with Crippen molar-refractivity contribution >= 4 is 11.4 Å². The summed E-state index contributed by atoms with van der Waals surface area (Å²) in [5.41, 5.74) is 16.5. The third-order valence-electron chi connectivity index (χ3n) is 5.78. The molecule has 2 aromatic carbocycles. The number of benzene rings is 2. The van der Waals surface area contributed by atoms with E-state index in [1.807, 2.05) is 25.1 Å². The Labute approximate surface area is 224 Å². The number of hydrogen-bond donors (Lipinski definition) is 3. The molecule has 0 saturated heterocycles. The maximum Gasteiger partial charge on any atom is 0.451 e. The number of nitrogens with zero attached hydrogens (tertiary/aromatic N) is 3. The van der Waals surface area contributed by atoms with Crippen molar-refractivity contribution in [2.75, 3.05) is 0 Å². The average molecular weight is 539 g/mol. The zero-order chi connectivity index (χ0) is 28.4. The Balaban J connectivity index is 2.15. The van der Waals surface area contributed by atoms with Gasteiger partial charge in [-0.05, 0) is 83.9 Å². The van der Waals surface area contributed by atoms with Gasteiger partial charge in [-0.2, -0.15) is 13.2 Å². The molecule has 0 atom stereocenters. The molecule has 10 heteroatoms. The van der Waals surface area contributed by atoms with Crippen LogP contribution in [0, 0.1) is 12.7 Å². The Morgan fingerprint density at radius 2 is 1.69 bits per heavy atom. The minimum absolute atomic E-state index is 0.0277. The largest absolute Gasteiger partial charge is 0.451 e. The lowest BCUT2D eigenvalue weighted by Crippen LogP contribution is -2.21. The van der Waals surface area contributed by atoms with Gasteiger partial charge in [0.15, 0.2) is 0 Å². The Bertz CT molecular complexity index is 1370. The molecule has 5 N–H and O–H groups in total. The van der Waals surface area contributed by atoms with E-state index in [1.54, 1.807) is 24.4 Å². The number of rotatable bonds is 9. The highest BCUT2D eigenvalue weighted by molar-refractivity contribution is 6.03. The normalized spacial score (nSPS) is 13.0. The van der Waals surface area contributed by atoms with Crippen LogP contribution in [-0.2, 0) is 12.7 Å². The Morgan fingerprint density at radius 1 is 1.03 bits per heavy atom. The molecule has 0 amide bonds. The molecular formula is C29H30F4N6. The second-order valence-electron chi connectivity index (χ2n) is 8.60. The quantitative estimate of drug-likeness (QED) is 0.130. The highest BCUT2D eigenvalue weighted by Crippen LogP contribution is 2.31. The van der Waals surface area contributed by atoms with Crippen LogP contribution >= 0.6 is 0 Å². The molecular weight excluding hydrogens is 508 g/mol. The number of nitrogens with two attached hydrogens (primary N) is 2. The molecule has 0 unspecified atom stereocenters. The monoisotopic (exact) mass is 538 g/mol. The Hall–Kier alpha value is -4.47. The molecule has 3 rings (SSSR count). The van der Waals surface area contributed by atoms with Crippen molar-refractivity contribution in [1.82, 2.24) is 15.3 Å². The SMILES string of the molecule is CCC/C=C/NC(=NCc1cnc(C(F)(F)F)nc1)c1cc(-c2ccc(F)cc2)cc(C(/C=C\N)=C/N)c1C. The number of aromatic nitrogens is 2. The van der Waals surface area contributed by atoms with Gasteiger partial charge < -0.3 is 16.8 Å². The van der Waals surface area contributed by atoms with Crippen LogP contribution in [0.5, 0.6) is 0 Å². The van der Waals surface area contributed by atoms with Gasteiger partial charge in [-0.15, -0.1) is 0 Å². The van der Waals surface area contributed by atoms with E-state index in [4.69, 9.17) is 11.5 Å². The lowest BCUT2D eigenvalue weighted by atomic mass is 9.90. The molecule has 0 bridgehead atoms. The fraction of sp³-hybridized carbons (Fsp3) is 0.207. The van der Waals surface area contributed by atoms with Crippen LogP contribution in [0.15, 0.2) is 84.5 Å². The smallest absolute Gasteiger partial charge is 0.405 e. The highest BCUT2D eigenvalue weighted by Gasteiger charge is 2.34. The van der Waals surface area contributed by atoms with E-state index in [0.29, 0.717) is 22.5 Å². The van der Waals surface area contributed by atoms with Crippen molar-refractivity contribution in [2.24, 2.45) is 16.5 Å². The zero-order valence-electron chi connectivity index (χ0n) is 21.6. The summed E-state index contributed by atoms with van der Waals surface area (Å²) < 4.78 is 52.2.